The Hall–Kier alpha value is -2.99. The van der Waals surface area contributed by atoms with E-state index in [4.69, 9.17) is 20.8 Å². The van der Waals surface area contributed by atoms with Crippen molar-refractivity contribution in [3.05, 3.63) is 71.6 Å². The molecule has 0 unspecified atom stereocenters. The Morgan fingerprint density at radius 2 is 1.83 bits per heavy atom. The number of aromatic nitrogens is 5. The molecular weight excluding hydrogens is 360 g/mol. The van der Waals surface area contributed by atoms with Gasteiger partial charge in [0.1, 0.15) is 5.82 Å². The van der Waals surface area contributed by atoms with E-state index in [9.17, 15) is 0 Å². The first-order valence-electron chi connectivity index (χ1n) is 10.3. The lowest BCUT2D eigenvalue weighted by atomic mass is 10.2. The summed E-state index contributed by atoms with van der Waals surface area (Å²) in [6.45, 7) is 5.77. The highest BCUT2D eigenvalue weighted by molar-refractivity contribution is 5.58. The van der Waals surface area contributed by atoms with E-state index in [2.05, 4.69) is 48.9 Å². The van der Waals surface area contributed by atoms with Gasteiger partial charge in [-0.25, -0.2) is 14.5 Å². The van der Waals surface area contributed by atoms with Crippen molar-refractivity contribution in [2.24, 2.45) is 5.73 Å². The maximum atomic E-state index is 5.74. The highest BCUT2D eigenvalue weighted by Crippen LogP contribution is 2.20. The zero-order valence-electron chi connectivity index (χ0n) is 17.2. The number of hydrogen-bond donors (Lipinski definition) is 1. The number of hydrogen-bond acceptors (Lipinski definition) is 4. The van der Waals surface area contributed by atoms with Gasteiger partial charge in [-0.15, -0.1) is 0 Å². The number of rotatable bonds is 8. The first-order valence-corrected chi connectivity index (χ1v) is 10.3. The van der Waals surface area contributed by atoms with Crippen molar-refractivity contribution in [1.82, 2.24) is 24.1 Å². The van der Waals surface area contributed by atoms with E-state index in [1.165, 1.54) is 5.56 Å². The van der Waals surface area contributed by atoms with E-state index in [0.29, 0.717) is 6.54 Å². The molecule has 3 heterocycles. The van der Waals surface area contributed by atoms with E-state index in [1.807, 2.05) is 22.7 Å². The average Bonchev–Trinajstić information content (AvgIpc) is 3.36. The molecule has 0 amide bonds. The third kappa shape index (κ3) is 4.07. The number of benzene rings is 1. The molecule has 0 fully saturated rings. The summed E-state index contributed by atoms with van der Waals surface area (Å²) in [4.78, 5) is 9.72. The summed E-state index contributed by atoms with van der Waals surface area (Å²) in [5, 5.41) is 4.74. The first kappa shape index (κ1) is 19.3. The lowest BCUT2D eigenvalue weighted by Gasteiger charge is -2.05. The lowest BCUT2D eigenvalue weighted by Crippen LogP contribution is -2.09. The zero-order valence-corrected chi connectivity index (χ0v) is 17.2. The summed E-state index contributed by atoms with van der Waals surface area (Å²) in [6.07, 6.45) is 5.58. The second-order valence-electron chi connectivity index (χ2n) is 7.36. The largest absolute Gasteiger partial charge is 0.334 e. The average molecular weight is 389 g/mol. The third-order valence-electron chi connectivity index (χ3n) is 5.28. The lowest BCUT2D eigenvalue weighted by molar-refractivity contribution is 0.611. The molecule has 0 aliphatic heterocycles. The van der Waals surface area contributed by atoms with Crippen LogP contribution in [0.5, 0.6) is 0 Å². The normalized spacial score (nSPS) is 11.4. The van der Waals surface area contributed by atoms with Gasteiger partial charge in [-0.05, 0) is 37.9 Å². The molecule has 3 aromatic heterocycles. The van der Waals surface area contributed by atoms with Crippen LogP contribution in [0.1, 0.15) is 36.3 Å². The van der Waals surface area contributed by atoms with E-state index >= 15 is 0 Å². The first-order chi connectivity index (χ1) is 14.2. The second-order valence-corrected chi connectivity index (χ2v) is 7.36. The van der Waals surface area contributed by atoms with Gasteiger partial charge in [0.2, 0.25) is 0 Å². The summed E-state index contributed by atoms with van der Waals surface area (Å²) < 4.78 is 4.19. The van der Waals surface area contributed by atoms with Crippen LogP contribution in [-0.2, 0) is 25.8 Å². The molecule has 6 nitrogen and oxygen atoms in total. The molecule has 0 aliphatic carbocycles. The molecule has 1 aromatic carbocycles. The molecule has 0 aliphatic rings. The van der Waals surface area contributed by atoms with E-state index < -0.39 is 0 Å². The van der Waals surface area contributed by atoms with Gasteiger partial charge in [0.15, 0.2) is 11.5 Å². The quantitative estimate of drug-likeness (QED) is 0.500. The molecule has 6 heteroatoms. The van der Waals surface area contributed by atoms with Crippen LogP contribution in [0.4, 0.5) is 0 Å². The maximum absolute atomic E-state index is 5.74. The Morgan fingerprint density at radius 1 is 1.00 bits per heavy atom. The summed E-state index contributed by atoms with van der Waals surface area (Å²) in [5.74, 6) is 1.92. The number of pyridine rings is 1. The summed E-state index contributed by atoms with van der Waals surface area (Å²) >= 11 is 0. The van der Waals surface area contributed by atoms with Crippen LogP contribution >= 0.6 is 0 Å². The smallest absolute Gasteiger partial charge is 0.159 e. The predicted octanol–water partition coefficient (Wildman–Crippen LogP) is 3.60. The molecule has 0 atom stereocenters. The van der Waals surface area contributed by atoms with Crippen LogP contribution in [0, 0.1) is 6.92 Å². The number of fused-ring (bicyclic) bond motifs is 1. The van der Waals surface area contributed by atoms with Crippen molar-refractivity contribution >= 4 is 5.65 Å². The minimum atomic E-state index is 0.672. The molecule has 0 saturated carbocycles. The molecule has 150 valence electrons. The maximum Gasteiger partial charge on any atom is 0.159 e. The fraction of sp³-hybridized carbons (Fsp3) is 0.348. The van der Waals surface area contributed by atoms with Crippen molar-refractivity contribution in [3.8, 4) is 11.3 Å². The van der Waals surface area contributed by atoms with Crippen molar-refractivity contribution in [2.75, 3.05) is 6.54 Å². The highest BCUT2D eigenvalue weighted by Gasteiger charge is 2.13. The third-order valence-corrected chi connectivity index (χ3v) is 5.28. The molecule has 0 bridgehead atoms. The van der Waals surface area contributed by atoms with E-state index in [0.717, 1.165) is 66.5 Å². The standard InChI is InChI=1S/C23H28N6/c1-3-18-11-10-17(2)29-23(18)26-21(27-29)12-13-22-25-20(16-28(22)15-7-14-24)19-8-5-4-6-9-19/h4-6,8-11,16H,3,7,12-15,24H2,1-2H3. The Morgan fingerprint density at radius 3 is 2.59 bits per heavy atom. The number of nitrogens with two attached hydrogens (primary N) is 1. The van der Waals surface area contributed by atoms with Crippen LogP contribution in [-0.4, -0.2) is 30.7 Å². The van der Waals surface area contributed by atoms with E-state index in [-0.39, 0.29) is 0 Å². The zero-order chi connectivity index (χ0) is 20.2. The van der Waals surface area contributed by atoms with Crippen molar-refractivity contribution in [2.45, 2.75) is 46.1 Å². The van der Waals surface area contributed by atoms with Gasteiger partial charge in [0.25, 0.3) is 0 Å². The van der Waals surface area contributed by atoms with Crippen molar-refractivity contribution in [3.63, 3.8) is 0 Å². The SMILES string of the molecule is CCc1ccc(C)n2nc(CCc3nc(-c4ccccc4)cn3CCCN)nc12. The van der Waals surface area contributed by atoms with Gasteiger partial charge < -0.3 is 10.3 Å². The topological polar surface area (TPSA) is 74.0 Å². The molecule has 4 aromatic rings. The van der Waals surface area contributed by atoms with Gasteiger partial charge >= 0.3 is 0 Å². The van der Waals surface area contributed by atoms with Gasteiger partial charge in [-0.1, -0.05) is 43.3 Å². The second kappa shape index (κ2) is 8.57. The Labute approximate surface area is 171 Å². The van der Waals surface area contributed by atoms with Crippen LogP contribution in [0.15, 0.2) is 48.7 Å². The monoisotopic (exact) mass is 388 g/mol. The molecule has 0 radical (unpaired) electrons. The summed E-state index contributed by atoms with van der Waals surface area (Å²) in [7, 11) is 0. The number of nitrogens with zero attached hydrogens (tertiary/aromatic N) is 5. The minimum Gasteiger partial charge on any atom is -0.334 e. The van der Waals surface area contributed by atoms with Gasteiger partial charge in [-0.3, -0.25) is 0 Å². The predicted molar refractivity (Wildman–Crippen MR) is 116 cm³/mol. The van der Waals surface area contributed by atoms with Gasteiger partial charge in [0, 0.05) is 36.8 Å². The van der Waals surface area contributed by atoms with Crippen molar-refractivity contribution < 1.29 is 0 Å². The van der Waals surface area contributed by atoms with E-state index in [1.54, 1.807) is 0 Å². The molecule has 0 spiro atoms. The van der Waals surface area contributed by atoms with Crippen LogP contribution in [0.3, 0.4) is 0 Å². The molecule has 0 saturated heterocycles. The van der Waals surface area contributed by atoms with Crippen LogP contribution in [0.25, 0.3) is 16.9 Å². The van der Waals surface area contributed by atoms with Gasteiger partial charge in [0.05, 0.1) is 5.69 Å². The summed E-state index contributed by atoms with van der Waals surface area (Å²) in [5.41, 5.74) is 11.2. The molecule has 4 rings (SSSR count). The highest BCUT2D eigenvalue weighted by atomic mass is 15.3. The van der Waals surface area contributed by atoms with Crippen LogP contribution in [0.2, 0.25) is 0 Å². The summed E-state index contributed by atoms with van der Waals surface area (Å²) in [6, 6.07) is 14.6. The number of aryl methyl sites for hydroxylation is 5. The Kier molecular flexibility index (Phi) is 5.71. The molecule has 29 heavy (non-hydrogen) atoms. The number of imidazole rings is 1. The van der Waals surface area contributed by atoms with Crippen molar-refractivity contribution in [1.29, 1.82) is 0 Å². The fourth-order valence-corrected chi connectivity index (χ4v) is 3.64. The molecular formula is C23H28N6. The van der Waals surface area contributed by atoms with Gasteiger partial charge in [-0.2, -0.15) is 5.10 Å². The fourth-order valence-electron chi connectivity index (χ4n) is 3.64. The Bertz CT molecular complexity index is 1090. The molecule has 2 N–H and O–H groups in total. The minimum absolute atomic E-state index is 0.672. The Balaban J connectivity index is 1.59. The van der Waals surface area contributed by atoms with Crippen LogP contribution < -0.4 is 5.73 Å².